The average Bonchev–Trinajstić information content (AvgIpc) is 3.68. The van der Waals surface area contributed by atoms with Crippen molar-refractivity contribution in [2.45, 2.75) is 19.4 Å². The number of benzene rings is 1. The van der Waals surface area contributed by atoms with Gasteiger partial charge in [0.15, 0.2) is 0 Å². The Morgan fingerprint density at radius 2 is 1.89 bits per heavy atom. The van der Waals surface area contributed by atoms with Crippen LogP contribution in [0.2, 0.25) is 0 Å². The minimum absolute atomic E-state index is 0.300. The topological polar surface area (TPSA) is 115 Å². The quantitative estimate of drug-likeness (QED) is 0.367. The van der Waals surface area contributed by atoms with Crippen LogP contribution in [0.1, 0.15) is 18.4 Å². The van der Waals surface area contributed by atoms with Crippen molar-refractivity contribution < 1.29 is 4.79 Å². The van der Waals surface area contributed by atoms with Crippen LogP contribution < -0.4 is 10.6 Å². The van der Waals surface area contributed by atoms with Gasteiger partial charge in [-0.1, -0.05) is 6.07 Å². The van der Waals surface area contributed by atoms with E-state index in [1.54, 1.807) is 6.33 Å². The number of carbonyl (C=O) groups excluding carboxylic acids is 1. The molecule has 36 heavy (non-hydrogen) atoms. The second-order valence-electron chi connectivity index (χ2n) is 9.41. The van der Waals surface area contributed by atoms with Crippen LogP contribution in [0.4, 0.5) is 17.6 Å². The Hall–Kier alpha value is -4.05. The zero-order valence-electron chi connectivity index (χ0n) is 20.2. The van der Waals surface area contributed by atoms with E-state index in [-0.39, 0.29) is 0 Å². The number of pyridine rings is 1. The van der Waals surface area contributed by atoms with Gasteiger partial charge in [0.1, 0.15) is 18.0 Å². The zero-order chi connectivity index (χ0) is 24.5. The monoisotopic (exact) mass is 483 g/mol. The van der Waals surface area contributed by atoms with Crippen molar-refractivity contribution in [3.8, 4) is 11.3 Å². The molecule has 1 aliphatic heterocycles. The molecule has 10 nitrogen and oxygen atoms in total. The van der Waals surface area contributed by atoms with E-state index in [0.29, 0.717) is 17.8 Å². The van der Waals surface area contributed by atoms with E-state index in [1.807, 2.05) is 48.5 Å². The van der Waals surface area contributed by atoms with Crippen molar-refractivity contribution in [1.82, 2.24) is 34.7 Å². The molecule has 4 aromatic rings. The highest BCUT2D eigenvalue weighted by molar-refractivity contribution is 5.83. The number of nitrogens with one attached hydrogen (secondary N) is 3. The molecule has 0 spiro atoms. The predicted molar refractivity (Wildman–Crippen MR) is 139 cm³/mol. The number of H-pyrrole nitrogens is 1. The number of aromatic amines is 1. The third-order valence-corrected chi connectivity index (χ3v) is 6.79. The molecule has 3 aromatic heterocycles. The van der Waals surface area contributed by atoms with Gasteiger partial charge in [-0.15, -0.1) is 0 Å². The van der Waals surface area contributed by atoms with Crippen molar-refractivity contribution in [3.63, 3.8) is 0 Å². The normalized spacial score (nSPS) is 16.3. The molecule has 184 valence electrons. The second-order valence-corrected chi connectivity index (χ2v) is 9.41. The largest absolute Gasteiger partial charge is 0.373 e. The van der Waals surface area contributed by atoms with Gasteiger partial charge in [-0.3, -0.25) is 9.69 Å². The van der Waals surface area contributed by atoms with Crippen LogP contribution in [0.15, 0.2) is 48.9 Å². The van der Waals surface area contributed by atoms with Gasteiger partial charge in [-0.2, -0.15) is 0 Å². The third-order valence-electron chi connectivity index (χ3n) is 6.79. The highest BCUT2D eigenvalue weighted by Crippen LogP contribution is 2.31. The number of aromatic nitrogens is 5. The Morgan fingerprint density at radius 3 is 2.69 bits per heavy atom. The molecule has 0 radical (unpaired) electrons. The Morgan fingerprint density at radius 1 is 1.03 bits per heavy atom. The summed E-state index contributed by atoms with van der Waals surface area (Å²) in [4.78, 5) is 37.8. The molecule has 1 aromatic carbocycles. The van der Waals surface area contributed by atoms with E-state index in [1.165, 1.54) is 5.56 Å². The Kier molecular flexibility index (Phi) is 5.94. The molecule has 2 aliphatic rings. The van der Waals surface area contributed by atoms with Crippen LogP contribution in [0, 0.1) is 5.92 Å². The van der Waals surface area contributed by atoms with Crippen molar-refractivity contribution in [3.05, 3.63) is 54.5 Å². The van der Waals surface area contributed by atoms with Gasteiger partial charge in [0.2, 0.25) is 11.9 Å². The lowest BCUT2D eigenvalue weighted by Gasteiger charge is -2.34. The SMILES string of the molecule is CNc1cc(-c2ccc3nc(Nc4cc(CN5CCN(C(=O)C6CC6)CC5)ccn4)[nH]c3c2)ncn1. The predicted octanol–water partition coefficient (Wildman–Crippen LogP) is 3.25. The third kappa shape index (κ3) is 4.85. The summed E-state index contributed by atoms with van der Waals surface area (Å²) >= 11 is 0. The number of hydrogen-bond acceptors (Lipinski definition) is 8. The first-order valence-corrected chi connectivity index (χ1v) is 12.4. The van der Waals surface area contributed by atoms with E-state index in [0.717, 1.165) is 79.5 Å². The van der Waals surface area contributed by atoms with Crippen LogP contribution in [-0.4, -0.2) is 73.9 Å². The van der Waals surface area contributed by atoms with E-state index in [9.17, 15) is 4.79 Å². The number of rotatable bonds is 7. The maximum atomic E-state index is 12.3. The maximum absolute atomic E-state index is 12.3. The van der Waals surface area contributed by atoms with Crippen molar-refractivity contribution in [2.75, 3.05) is 43.9 Å². The van der Waals surface area contributed by atoms with E-state index in [4.69, 9.17) is 0 Å². The highest BCUT2D eigenvalue weighted by Gasteiger charge is 2.34. The van der Waals surface area contributed by atoms with Crippen molar-refractivity contribution in [2.24, 2.45) is 5.92 Å². The lowest BCUT2D eigenvalue weighted by Crippen LogP contribution is -2.48. The summed E-state index contributed by atoms with van der Waals surface area (Å²) < 4.78 is 0. The standard InChI is InChI=1S/C26H29N9O/c1-27-23-14-21(29-16-30-23)19-4-5-20-22(13-19)32-26(31-20)33-24-12-17(6-7-28-24)15-34-8-10-35(11-9-34)25(36)18-2-3-18/h4-7,12-14,16,18H,2-3,8-11,15H2,1H3,(H,27,29,30)(H2,28,31,32,33). The molecule has 0 bridgehead atoms. The number of imidazole rings is 1. The molecule has 1 amide bonds. The number of nitrogens with zero attached hydrogens (tertiary/aromatic N) is 6. The van der Waals surface area contributed by atoms with E-state index < -0.39 is 0 Å². The summed E-state index contributed by atoms with van der Waals surface area (Å²) in [5.41, 5.74) is 4.77. The molecule has 0 atom stereocenters. The molecule has 6 rings (SSSR count). The summed E-state index contributed by atoms with van der Waals surface area (Å²) in [5, 5.41) is 6.35. The summed E-state index contributed by atoms with van der Waals surface area (Å²) in [7, 11) is 1.84. The van der Waals surface area contributed by atoms with Crippen LogP contribution >= 0.6 is 0 Å². The molecule has 1 aliphatic carbocycles. The van der Waals surface area contributed by atoms with Crippen LogP contribution in [0.5, 0.6) is 0 Å². The molecule has 1 saturated heterocycles. The Labute approximate surface area is 209 Å². The summed E-state index contributed by atoms with van der Waals surface area (Å²) in [6, 6.07) is 12.0. The Bertz CT molecular complexity index is 1390. The number of fused-ring (bicyclic) bond motifs is 1. The summed E-state index contributed by atoms with van der Waals surface area (Å²) in [5.74, 6) is 2.80. The smallest absolute Gasteiger partial charge is 0.225 e. The first-order valence-electron chi connectivity index (χ1n) is 12.4. The number of amides is 1. The average molecular weight is 484 g/mol. The molecule has 10 heteroatoms. The zero-order valence-corrected chi connectivity index (χ0v) is 20.2. The number of anilines is 3. The first-order chi connectivity index (χ1) is 17.6. The van der Waals surface area contributed by atoms with Gasteiger partial charge in [0, 0.05) is 63.5 Å². The number of hydrogen-bond donors (Lipinski definition) is 3. The van der Waals surface area contributed by atoms with Crippen LogP contribution in [0.25, 0.3) is 22.3 Å². The lowest BCUT2D eigenvalue weighted by molar-refractivity contribution is -0.134. The molecular weight excluding hydrogens is 454 g/mol. The first kappa shape index (κ1) is 22.4. The van der Waals surface area contributed by atoms with Gasteiger partial charge in [-0.05, 0) is 42.7 Å². The van der Waals surface area contributed by atoms with Gasteiger partial charge in [0.05, 0.1) is 16.7 Å². The number of piperazine rings is 1. The van der Waals surface area contributed by atoms with Crippen LogP contribution in [-0.2, 0) is 11.3 Å². The fraction of sp³-hybridized carbons (Fsp3) is 0.346. The van der Waals surface area contributed by atoms with E-state index >= 15 is 0 Å². The minimum atomic E-state index is 0.300. The van der Waals surface area contributed by atoms with Crippen LogP contribution in [0.3, 0.4) is 0 Å². The molecular formula is C26H29N9O. The molecule has 2 fully saturated rings. The minimum Gasteiger partial charge on any atom is -0.373 e. The number of carbonyl (C=O) groups is 1. The van der Waals surface area contributed by atoms with Gasteiger partial charge < -0.3 is 20.5 Å². The second kappa shape index (κ2) is 9.54. The van der Waals surface area contributed by atoms with Crippen molar-refractivity contribution in [1.29, 1.82) is 0 Å². The summed E-state index contributed by atoms with van der Waals surface area (Å²) in [6.45, 7) is 4.27. The van der Waals surface area contributed by atoms with Gasteiger partial charge >= 0.3 is 0 Å². The molecule has 1 saturated carbocycles. The lowest BCUT2D eigenvalue weighted by atomic mass is 10.1. The molecule has 4 heterocycles. The van der Waals surface area contributed by atoms with E-state index in [2.05, 4.69) is 46.5 Å². The van der Waals surface area contributed by atoms with Crippen molar-refractivity contribution >= 4 is 34.5 Å². The fourth-order valence-corrected chi connectivity index (χ4v) is 4.62. The Balaban J connectivity index is 1.11. The highest BCUT2D eigenvalue weighted by atomic mass is 16.2. The summed E-state index contributed by atoms with van der Waals surface area (Å²) in [6.07, 6.45) is 5.51. The maximum Gasteiger partial charge on any atom is 0.225 e. The van der Waals surface area contributed by atoms with Gasteiger partial charge in [0.25, 0.3) is 0 Å². The molecule has 0 unspecified atom stereocenters. The fourth-order valence-electron chi connectivity index (χ4n) is 4.62. The molecule has 3 N–H and O–H groups in total. The van der Waals surface area contributed by atoms with Gasteiger partial charge in [-0.25, -0.2) is 19.9 Å².